The highest BCUT2D eigenvalue weighted by Gasteiger charge is 2.37. The topological polar surface area (TPSA) is 78.9 Å². The molecule has 0 radical (unpaired) electrons. The van der Waals surface area contributed by atoms with Crippen LogP contribution in [-0.2, 0) is 48.2 Å². The van der Waals surface area contributed by atoms with Crippen molar-refractivity contribution < 1.29 is 28.4 Å². The summed E-state index contributed by atoms with van der Waals surface area (Å²) in [5.74, 6) is -2.76. The Morgan fingerprint density at radius 2 is 1.15 bits per heavy atom. The number of hydrogen-bond donors (Lipinski definition) is 0. The van der Waals surface area contributed by atoms with Gasteiger partial charge < -0.3 is 14.2 Å². The molecule has 3 aromatic rings. The molecule has 0 spiro atoms. The maximum Gasteiger partial charge on any atom is 0.357 e. The highest BCUT2D eigenvalue weighted by molar-refractivity contribution is 7.24. The molecule has 34 heavy (non-hydrogen) atoms. The minimum Gasteiger partial charge on any atom is -0.461 e. The summed E-state index contributed by atoms with van der Waals surface area (Å²) in [5.41, 5.74) is 2.60. The number of hydrogen-bond acceptors (Lipinski definition) is 6. The molecule has 0 saturated heterocycles. The van der Waals surface area contributed by atoms with Gasteiger partial charge in [-0.15, -0.1) is 0 Å². The second-order valence-corrected chi connectivity index (χ2v) is 8.52. The Hall–Kier alpha value is -3.34. The van der Waals surface area contributed by atoms with Crippen LogP contribution < -0.4 is 0 Å². The van der Waals surface area contributed by atoms with Gasteiger partial charge >= 0.3 is 20.4 Å². The molecule has 7 heteroatoms. The van der Waals surface area contributed by atoms with Crippen molar-refractivity contribution in [3.05, 3.63) is 108 Å². The van der Waals surface area contributed by atoms with Crippen LogP contribution in [0.1, 0.15) is 29.5 Å². The van der Waals surface area contributed by atoms with Crippen molar-refractivity contribution >= 4 is 20.4 Å². The highest BCUT2D eigenvalue weighted by atomic mass is 31.1. The number of carbonyl (C=O) groups is 2. The van der Waals surface area contributed by atoms with Crippen LogP contribution in [0.3, 0.4) is 0 Å². The van der Waals surface area contributed by atoms with Crippen molar-refractivity contribution in [2.45, 2.75) is 38.5 Å². The Morgan fingerprint density at radius 1 is 0.676 bits per heavy atom. The molecule has 6 nitrogen and oxygen atoms in total. The molecule has 0 heterocycles. The van der Waals surface area contributed by atoms with Crippen molar-refractivity contribution in [2.24, 2.45) is 5.92 Å². The third kappa shape index (κ3) is 8.54. The second-order valence-electron chi connectivity index (χ2n) is 7.72. The number of ether oxygens (including phenoxy) is 3. The number of esters is 2. The molecule has 3 aromatic carbocycles. The van der Waals surface area contributed by atoms with E-state index in [0.717, 1.165) is 16.7 Å². The van der Waals surface area contributed by atoms with Crippen molar-refractivity contribution in [3.8, 4) is 0 Å². The quantitative estimate of drug-likeness (QED) is 0.240. The Balaban J connectivity index is 1.60. The second kappa shape index (κ2) is 14.0. The lowest BCUT2D eigenvalue weighted by Crippen LogP contribution is -2.29. The smallest absolute Gasteiger partial charge is 0.357 e. The van der Waals surface area contributed by atoms with E-state index in [-0.39, 0.29) is 32.7 Å². The summed E-state index contributed by atoms with van der Waals surface area (Å²) in [6.07, 6.45) is 0.0869. The Kier molecular flexibility index (Phi) is 10.4. The van der Waals surface area contributed by atoms with Crippen molar-refractivity contribution in [1.82, 2.24) is 0 Å². The van der Waals surface area contributed by atoms with Gasteiger partial charge in [0.15, 0.2) is 0 Å². The number of carbonyl (C=O) groups excluding carboxylic acids is 2. The zero-order chi connectivity index (χ0) is 24.0. The van der Waals surface area contributed by atoms with Gasteiger partial charge in [-0.2, -0.15) is 0 Å². The van der Waals surface area contributed by atoms with Gasteiger partial charge in [0.2, 0.25) is 0 Å². The molecule has 3 unspecified atom stereocenters. The fraction of sp³-hybridized carbons (Fsp3) is 0.259. The molecular weight excluding hydrogens is 451 g/mol. The first-order valence-electron chi connectivity index (χ1n) is 11.1. The van der Waals surface area contributed by atoms with Gasteiger partial charge in [-0.05, 0) is 23.1 Å². The van der Waals surface area contributed by atoms with Gasteiger partial charge in [-0.1, -0.05) is 95.6 Å². The van der Waals surface area contributed by atoms with Gasteiger partial charge in [0.1, 0.15) is 19.1 Å². The Labute approximate surface area is 201 Å². The van der Waals surface area contributed by atoms with Crippen molar-refractivity contribution in [3.63, 3.8) is 0 Å². The molecule has 176 valence electrons. The largest absolute Gasteiger partial charge is 0.461 e. The van der Waals surface area contributed by atoms with Crippen LogP contribution >= 0.6 is 8.46 Å². The summed E-state index contributed by atoms with van der Waals surface area (Å²) in [7, 11) is -0.899. The summed E-state index contributed by atoms with van der Waals surface area (Å²) in [6.45, 7) is 0.434. The predicted octanol–water partition coefficient (Wildman–Crippen LogP) is 5.44. The lowest BCUT2D eigenvalue weighted by atomic mass is 10.0. The van der Waals surface area contributed by atoms with Crippen LogP contribution in [0, 0.1) is 5.92 Å². The van der Waals surface area contributed by atoms with E-state index in [0.29, 0.717) is 0 Å². The van der Waals surface area contributed by atoms with E-state index in [2.05, 4.69) is 0 Å². The molecule has 3 atom stereocenters. The standard InChI is InChI=1S/C27H27O6P/c28-25(31-18-21-10-4-1-5-11-21)17-16-24(26(29)32-19-22-12-6-2-7-13-22)27(34-30)33-20-23-14-8-3-9-15-23/h1-15,24,27H,16-20H2/p+1. The fourth-order valence-corrected chi connectivity index (χ4v) is 3.92. The van der Waals surface area contributed by atoms with Crippen LogP contribution in [0.15, 0.2) is 91.0 Å². The third-order valence-electron chi connectivity index (χ3n) is 5.18. The summed E-state index contributed by atoms with van der Waals surface area (Å²) in [4.78, 5) is 25.3. The maximum atomic E-state index is 12.9. The minimum absolute atomic E-state index is 0.0202. The normalized spacial score (nSPS) is 12.6. The van der Waals surface area contributed by atoms with E-state index >= 15 is 0 Å². The van der Waals surface area contributed by atoms with Crippen LogP contribution in [0.25, 0.3) is 0 Å². The highest BCUT2D eigenvalue weighted by Crippen LogP contribution is 2.27. The van der Waals surface area contributed by atoms with Crippen LogP contribution in [0.4, 0.5) is 0 Å². The first-order valence-corrected chi connectivity index (χ1v) is 12.1. The Morgan fingerprint density at radius 3 is 1.65 bits per heavy atom. The zero-order valence-electron chi connectivity index (χ0n) is 18.8. The van der Waals surface area contributed by atoms with Gasteiger partial charge in [-0.25, -0.2) is 0 Å². The lowest BCUT2D eigenvalue weighted by molar-refractivity contribution is -0.154. The minimum atomic E-state index is -0.899. The average Bonchev–Trinajstić information content (AvgIpc) is 2.89. The molecule has 0 fully saturated rings. The Bertz CT molecular complexity index is 1030. The van der Waals surface area contributed by atoms with E-state index in [9.17, 15) is 14.2 Å². The van der Waals surface area contributed by atoms with Crippen LogP contribution in [-0.4, -0.2) is 17.8 Å². The molecule has 0 aliphatic heterocycles. The fourth-order valence-electron chi connectivity index (χ4n) is 3.30. The first-order chi connectivity index (χ1) is 16.7. The molecule has 0 bridgehead atoms. The maximum absolute atomic E-state index is 12.9. The van der Waals surface area contributed by atoms with Crippen LogP contribution in [0.2, 0.25) is 0 Å². The van der Waals surface area contributed by atoms with Crippen LogP contribution in [0.5, 0.6) is 0 Å². The van der Waals surface area contributed by atoms with E-state index in [1.165, 1.54) is 0 Å². The summed E-state index contributed by atoms with van der Waals surface area (Å²) in [6, 6.07) is 28.0. The SMILES string of the molecule is O=[PH+]C(OCc1ccccc1)C(CCC(=O)OCc1ccccc1)C(=O)OCc1ccccc1. The van der Waals surface area contributed by atoms with Gasteiger partial charge in [0, 0.05) is 6.42 Å². The predicted molar refractivity (Wildman–Crippen MR) is 129 cm³/mol. The molecule has 3 rings (SSSR count). The van der Waals surface area contributed by atoms with E-state index in [1.54, 1.807) is 0 Å². The summed E-state index contributed by atoms with van der Waals surface area (Å²) < 4.78 is 28.6. The average molecular weight is 479 g/mol. The first kappa shape index (κ1) is 25.3. The zero-order valence-corrected chi connectivity index (χ0v) is 19.8. The van der Waals surface area contributed by atoms with Gasteiger partial charge in [-0.3, -0.25) is 9.59 Å². The summed E-state index contributed by atoms with van der Waals surface area (Å²) >= 11 is 0. The number of benzene rings is 3. The molecular formula is C27H28O6P+. The lowest BCUT2D eigenvalue weighted by Gasteiger charge is -2.18. The molecule has 0 amide bonds. The van der Waals surface area contributed by atoms with E-state index in [4.69, 9.17) is 14.2 Å². The van der Waals surface area contributed by atoms with Gasteiger partial charge in [0.05, 0.1) is 6.61 Å². The molecule has 0 aromatic heterocycles. The van der Waals surface area contributed by atoms with E-state index in [1.807, 2.05) is 91.0 Å². The summed E-state index contributed by atoms with van der Waals surface area (Å²) in [5, 5.41) is 0. The third-order valence-corrected chi connectivity index (χ3v) is 5.98. The van der Waals surface area contributed by atoms with Crippen molar-refractivity contribution in [2.75, 3.05) is 0 Å². The number of rotatable bonds is 13. The van der Waals surface area contributed by atoms with Gasteiger partial charge in [0.25, 0.3) is 5.85 Å². The van der Waals surface area contributed by atoms with Crippen molar-refractivity contribution in [1.29, 1.82) is 0 Å². The molecule has 0 aliphatic carbocycles. The molecule has 0 saturated carbocycles. The monoisotopic (exact) mass is 479 g/mol. The molecule has 0 N–H and O–H groups in total. The molecule has 0 aliphatic rings. The van der Waals surface area contributed by atoms with E-state index < -0.39 is 32.2 Å².